The first-order valence-electron chi connectivity index (χ1n) is 9.76. The second-order valence-electron chi connectivity index (χ2n) is 7.01. The van der Waals surface area contributed by atoms with E-state index < -0.39 is 0 Å². The maximum atomic E-state index is 12.5. The third kappa shape index (κ3) is 4.26. The predicted molar refractivity (Wildman–Crippen MR) is 106 cm³/mol. The Hall–Kier alpha value is -2.09. The van der Waals surface area contributed by atoms with Crippen molar-refractivity contribution in [2.45, 2.75) is 43.8 Å². The van der Waals surface area contributed by atoms with Gasteiger partial charge in [0.2, 0.25) is 5.91 Å². The molecule has 0 radical (unpaired) electrons. The average Bonchev–Trinajstić information content (AvgIpc) is 3.49. The molecule has 1 saturated carbocycles. The molecule has 2 fully saturated rings. The molecule has 1 aliphatic heterocycles. The molecule has 1 amide bonds. The summed E-state index contributed by atoms with van der Waals surface area (Å²) in [6.45, 7) is 6.22. The summed E-state index contributed by atoms with van der Waals surface area (Å²) in [5.74, 6) is 3.70. The van der Waals surface area contributed by atoms with Gasteiger partial charge in [-0.2, -0.15) is 0 Å². The smallest absolute Gasteiger partial charge is 0.223 e. The van der Waals surface area contributed by atoms with Crippen molar-refractivity contribution in [3.05, 3.63) is 30.2 Å². The molecule has 144 valence electrons. The molecule has 2 aliphatic rings. The minimum absolute atomic E-state index is 0.230. The van der Waals surface area contributed by atoms with E-state index in [1.54, 1.807) is 11.8 Å². The van der Waals surface area contributed by atoms with E-state index in [-0.39, 0.29) is 5.91 Å². The second kappa shape index (κ2) is 8.29. The number of thioether (sulfide) groups is 1. The molecule has 1 saturated heterocycles. The molecule has 0 spiro atoms. The first-order chi connectivity index (χ1) is 13.3. The molecule has 7 nitrogen and oxygen atoms in total. The molecule has 0 unspecified atom stereocenters. The fourth-order valence-corrected chi connectivity index (χ4v) is 4.40. The number of carbonyl (C=O) groups excluding carboxylic acids is 1. The van der Waals surface area contributed by atoms with Crippen LogP contribution in [-0.4, -0.2) is 62.5 Å². The summed E-state index contributed by atoms with van der Waals surface area (Å²) in [5.41, 5.74) is 0. The largest absolute Gasteiger partial charge is 0.353 e. The monoisotopic (exact) mass is 386 g/mol. The first-order valence-corrected chi connectivity index (χ1v) is 10.7. The normalized spacial score (nSPS) is 17.4. The molecule has 8 heteroatoms. The van der Waals surface area contributed by atoms with Crippen molar-refractivity contribution in [3.63, 3.8) is 0 Å². The standard InChI is InChI=1S/C19H26N6OS/c1-2-25-18(15-6-7-15)21-22-19(25)27-14-8-17(26)24-12-10-23(11-13-24)16-5-3-4-9-20-16/h3-5,9,15H,2,6-8,10-14H2,1H3. The average molecular weight is 387 g/mol. The van der Waals surface area contributed by atoms with Gasteiger partial charge in [0.15, 0.2) is 5.16 Å². The molecule has 2 aromatic rings. The SMILES string of the molecule is CCn1c(SCCC(=O)N2CCN(c3ccccn3)CC2)nnc1C1CC1. The van der Waals surface area contributed by atoms with Gasteiger partial charge in [0.1, 0.15) is 11.6 Å². The van der Waals surface area contributed by atoms with Crippen molar-refractivity contribution in [2.75, 3.05) is 36.8 Å². The number of carbonyl (C=O) groups is 1. The fourth-order valence-electron chi connectivity index (χ4n) is 3.46. The number of piperazine rings is 1. The zero-order valence-corrected chi connectivity index (χ0v) is 16.6. The van der Waals surface area contributed by atoms with Crippen molar-refractivity contribution in [1.29, 1.82) is 0 Å². The maximum Gasteiger partial charge on any atom is 0.223 e. The lowest BCUT2D eigenvalue weighted by atomic mass is 10.3. The predicted octanol–water partition coefficient (Wildman–Crippen LogP) is 2.40. The van der Waals surface area contributed by atoms with Crippen molar-refractivity contribution in [3.8, 4) is 0 Å². The Bertz CT molecular complexity index is 768. The van der Waals surface area contributed by atoms with Crippen LogP contribution < -0.4 is 4.90 Å². The number of rotatable bonds is 7. The molecular weight excluding hydrogens is 360 g/mol. The highest BCUT2D eigenvalue weighted by Crippen LogP contribution is 2.40. The molecule has 27 heavy (non-hydrogen) atoms. The number of aromatic nitrogens is 4. The molecule has 0 N–H and O–H groups in total. The Kier molecular flexibility index (Phi) is 5.61. The van der Waals surface area contributed by atoms with E-state index in [2.05, 4.69) is 31.6 Å². The Morgan fingerprint density at radius 1 is 1.19 bits per heavy atom. The summed E-state index contributed by atoms with van der Waals surface area (Å²) in [5, 5.41) is 9.65. The van der Waals surface area contributed by atoms with E-state index >= 15 is 0 Å². The van der Waals surface area contributed by atoms with Crippen LogP contribution in [0.5, 0.6) is 0 Å². The topological polar surface area (TPSA) is 67.2 Å². The minimum atomic E-state index is 0.230. The number of nitrogens with zero attached hydrogens (tertiary/aromatic N) is 6. The van der Waals surface area contributed by atoms with Crippen LogP contribution in [0.2, 0.25) is 0 Å². The van der Waals surface area contributed by atoms with Gasteiger partial charge in [-0.25, -0.2) is 4.98 Å². The third-order valence-electron chi connectivity index (χ3n) is 5.16. The molecule has 0 atom stereocenters. The molecule has 1 aliphatic carbocycles. The molecule has 3 heterocycles. The van der Waals surface area contributed by atoms with Crippen LogP contribution >= 0.6 is 11.8 Å². The summed E-state index contributed by atoms with van der Waals surface area (Å²) in [6.07, 6.45) is 4.81. The van der Waals surface area contributed by atoms with Gasteiger partial charge in [0.25, 0.3) is 0 Å². The van der Waals surface area contributed by atoms with Crippen molar-refractivity contribution in [1.82, 2.24) is 24.6 Å². The summed E-state index contributed by atoms with van der Waals surface area (Å²) >= 11 is 1.65. The number of hydrogen-bond donors (Lipinski definition) is 0. The maximum absolute atomic E-state index is 12.5. The van der Waals surface area contributed by atoms with Crippen LogP contribution in [0.4, 0.5) is 5.82 Å². The van der Waals surface area contributed by atoms with Gasteiger partial charge in [0, 0.05) is 57.0 Å². The van der Waals surface area contributed by atoms with Crippen LogP contribution in [-0.2, 0) is 11.3 Å². The summed E-state index contributed by atoms with van der Waals surface area (Å²) in [4.78, 5) is 21.1. The second-order valence-corrected chi connectivity index (χ2v) is 8.08. The molecular formula is C19H26N6OS. The van der Waals surface area contributed by atoms with Gasteiger partial charge in [-0.15, -0.1) is 10.2 Å². The van der Waals surface area contributed by atoms with Crippen molar-refractivity contribution in [2.24, 2.45) is 0 Å². The quantitative estimate of drug-likeness (QED) is 0.681. The molecule has 0 bridgehead atoms. The summed E-state index contributed by atoms with van der Waals surface area (Å²) in [7, 11) is 0. The highest BCUT2D eigenvalue weighted by molar-refractivity contribution is 7.99. The minimum Gasteiger partial charge on any atom is -0.353 e. The Morgan fingerprint density at radius 2 is 2.00 bits per heavy atom. The van der Waals surface area contributed by atoms with E-state index in [1.807, 2.05) is 29.3 Å². The lowest BCUT2D eigenvalue weighted by molar-refractivity contribution is -0.131. The van der Waals surface area contributed by atoms with Crippen molar-refractivity contribution >= 4 is 23.5 Å². The van der Waals surface area contributed by atoms with Gasteiger partial charge in [0.05, 0.1) is 0 Å². The van der Waals surface area contributed by atoms with E-state index in [1.165, 1.54) is 12.8 Å². The zero-order chi connectivity index (χ0) is 18.6. The van der Waals surface area contributed by atoms with E-state index in [4.69, 9.17) is 0 Å². The zero-order valence-electron chi connectivity index (χ0n) is 15.8. The third-order valence-corrected chi connectivity index (χ3v) is 6.13. The first kappa shape index (κ1) is 18.3. The van der Waals surface area contributed by atoms with Gasteiger partial charge in [-0.3, -0.25) is 4.79 Å². The fraction of sp³-hybridized carbons (Fsp3) is 0.579. The van der Waals surface area contributed by atoms with E-state index in [0.29, 0.717) is 12.3 Å². The number of pyridine rings is 1. The van der Waals surface area contributed by atoms with E-state index in [0.717, 1.165) is 55.3 Å². The molecule has 4 rings (SSSR count). The van der Waals surface area contributed by atoms with Crippen molar-refractivity contribution < 1.29 is 4.79 Å². The number of anilines is 1. The Labute approximate surface area is 164 Å². The van der Waals surface area contributed by atoms with Crippen LogP contribution in [0.25, 0.3) is 0 Å². The van der Waals surface area contributed by atoms with Gasteiger partial charge in [-0.05, 0) is 31.9 Å². The highest BCUT2D eigenvalue weighted by Gasteiger charge is 2.30. The number of hydrogen-bond acceptors (Lipinski definition) is 6. The summed E-state index contributed by atoms with van der Waals surface area (Å²) in [6, 6.07) is 5.95. The van der Waals surface area contributed by atoms with Crippen LogP contribution in [0, 0.1) is 0 Å². The summed E-state index contributed by atoms with van der Waals surface area (Å²) < 4.78 is 2.21. The Morgan fingerprint density at radius 3 is 2.67 bits per heavy atom. The van der Waals surface area contributed by atoms with Gasteiger partial charge in [-0.1, -0.05) is 17.8 Å². The van der Waals surface area contributed by atoms with Gasteiger partial charge < -0.3 is 14.4 Å². The van der Waals surface area contributed by atoms with Crippen LogP contribution in [0.1, 0.15) is 37.9 Å². The Balaban J connectivity index is 1.23. The van der Waals surface area contributed by atoms with Gasteiger partial charge >= 0.3 is 0 Å². The lowest BCUT2D eigenvalue weighted by Crippen LogP contribution is -2.49. The van der Waals surface area contributed by atoms with Crippen LogP contribution in [0.3, 0.4) is 0 Å². The number of amides is 1. The highest BCUT2D eigenvalue weighted by atomic mass is 32.2. The molecule has 0 aromatic carbocycles. The molecule has 2 aromatic heterocycles. The lowest BCUT2D eigenvalue weighted by Gasteiger charge is -2.35. The van der Waals surface area contributed by atoms with Crippen LogP contribution in [0.15, 0.2) is 29.6 Å². The van der Waals surface area contributed by atoms with E-state index in [9.17, 15) is 4.79 Å².